The molecule has 0 saturated carbocycles. The summed E-state index contributed by atoms with van der Waals surface area (Å²) in [6.45, 7) is 4.66. The minimum absolute atomic E-state index is 0.366. The van der Waals surface area contributed by atoms with Crippen LogP contribution in [0.1, 0.15) is 20.3 Å². The number of nitrogens with zero attached hydrogens (tertiary/aromatic N) is 2. The van der Waals surface area contributed by atoms with Crippen LogP contribution < -0.4 is 10.6 Å². The van der Waals surface area contributed by atoms with Crippen LogP contribution in [0.4, 0.5) is 11.6 Å². The van der Waals surface area contributed by atoms with Gasteiger partial charge in [0.15, 0.2) is 0 Å². The van der Waals surface area contributed by atoms with Crippen molar-refractivity contribution in [2.45, 2.75) is 26.4 Å². The van der Waals surface area contributed by atoms with E-state index in [2.05, 4.69) is 50.4 Å². The first-order valence-electron chi connectivity index (χ1n) is 5.64. The van der Waals surface area contributed by atoms with Crippen LogP contribution in [0.5, 0.6) is 0 Å². The Kier molecular flexibility index (Phi) is 5.64. The minimum atomic E-state index is -0.366. The summed E-state index contributed by atoms with van der Waals surface area (Å²) < 4.78 is 0.777. The lowest BCUT2D eigenvalue weighted by atomic mass is 10.1. The number of rotatable bonds is 6. The fourth-order valence-electron chi connectivity index (χ4n) is 1.51. The molecule has 0 saturated heterocycles. The van der Waals surface area contributed by atoms with Crippen molar-refractivity contribution in [3.05, 3.63) is 10.8 Å². The number of hydrogen-bond acceptors (Lipinski definition) is 5. The number of hydrogen-bond donors (Lipinski definition) is 3. The first-order valence-corrected chi connectivity index (χ1v) is 6.44. The van der Waals surface area contributed by atoms with Gasteiger partial charge in [0.05, 0.1) is 6.10 Å². The lowest BCUT2D eigenvalue weighted by Crippen LogP contribution is -2.22. The lowest BCUT2D eigenvalue weighted by Gasteiger charge is -2.15. The largest absolute Gasteiger partial charge is 0.391 e. The van der Waals surface area contributed by atoms with Crippen LogP contribution in [0.25, 0.3) is 0 Å². The number of aliphatic hydroxyl groups excluding tert-OH is 1. The second-order valence-electron chi connectivity index (χ2n) is 4.30. The molecule has 96 valence electrons. The monoisotopic (exact) mass is 302 g/mol. The zero-order valence-electron chi connectivity index (χ0n) is 10.4. The lowest BCUT2D eigenvalue weighted by molar-refractivity contribution is 0.161. The molecule has 1 aromatic heterocycles. The van der Waals surface area contributed by atoms with Crippen LogP contribution >= 0.6 is 15.9 Å². The average molecular weight is 303 g/mol. The van der Waals surface area contributed by atoms with E-state index in [4.69, 9.17) is 0 Å². The molecule has 0 fully saturated rings. The third-order valence-electron chi connectivity index (χ3n) is 2.27. The van der Waals surface area contributed by atoms with Crippen LogP contribution in [0.3, 0.4) is 0 Å². The zero-order valence-corrected chi connectivity index (χ0v) is 12.0. The van der Waals surface area contributed by atoms with Gasteiger partial charge in [-0.2, -0.15) is 0 Å². The molecule has 0 aliphatic heterocycles. The molecule has 17 heavy (non-hydrogen) atoms. The van der Waals surface area contributed by atoms with Crippen LogP contribution in [-0.4, -0.2) is 34.8 Å². The fraction of sp³-hybridized carbons (Fsp3) is 0.636. The Labute approximate surface area is 110 Å². The van der Waals surface area contributed by atoms with Gasteiger partial charge in [0.1, 0.15) is 22.4 Å². The van der Waals surface area contributed by atoms with Crippen LogP contribution in [-0.2, 0) is 0 Å². The maximum absolute atomic E-state index is 9.76. The van der Waals surface area contributed by atoms with Gasteiger partial charge in [-0.3, -0.25) is 0 Å². The standard InChI is InChI=1S/C11H19BrN4O/c1-7(2)4-8(17)5-14-11-9(12)10(13-3)15-6-16-11/h6-8,17H,4-5H2,1-3H3,(H2,13,14,15,16). The quantitative estimate of drug-likeness (QED) is 0.751. The van der Waals surface area contributed by atoms with Gasteiger partial charge >= 0.3 is 0 Å². The van der Waals surface area contributed by atoms with E-state index in [1.54, 1.807) is 7.05 Å². The van der Waals surface area contributed by atoms with Gasteiger partial charge in [0.2, 0.25) is 0 Å². The molecule has 1 atom stereocenters. The summed E-state index contributed by atoms with van der Waals surface area (Å²) in [5, 5.41) is 15.8. The van der Waals surface area contributed by atoms with Gasteiger partial charge in [-0.15, -0.1) is 0 Å². The summed E-state index contributed by atoms with van der Waals surface area (Å²) in [7, 11) is 1.80. The van der Waals surface area contributed by atoms with E-state index in [9.17, 15) is 5.11 Å². The normalized spacial score (nSPS) is 12.6. The van der Waals surface area contributed by atoms with Gasteiger partial charge in [0, 0.05) is 13.6 Å². The molecule has 1 aromatic rings. The van der Waals surface area contributed by atoms with E-state index in [0.717, 1.165) is 16.7 Å². The topological polar surface area (TPSA) is 70.1 Å². The number of aromatic nitrogens is 2. The fourth-order valence-corrected chi connectivity index (χ4v) is 2.05. The number of aliphatic hydroxyl groups is 1. The summed E-state index contributed by atoms with van der Waals surface area (Å²) in [6.07, 6.45) is 1.89. The number of nitrogens with one attached hydrogen (secondary N) is 2. The Balaban J connectivity index is 2.57. The Morgan fingerprint density at radius 3 is 2.59 bits per heavy atom. The highest BCUT2D eigenvalue weighted by Crippen LogP contribution is 2.25. The summed E-state index contributed by atoms with van der Waals surface area (Å²) in [4.78, 5) is 8.18. The Morgan fingerprint density at radius 2 is 2.00 bits per heavy atom. The molecule has 0 amide bonds. The molecule has 0 radical (unpaired) electrons. The molecule has 0 bridgehead atoms. The zero-order chi connectivity index (χ0) is 12.8. The third-order valence-corrected chi connectivity index (χ3v) is 3.03. The smallest absolute Gasteiger partial charge is 0.146 e. The third kappa shape index (κ3) is 4.47. The van der Waals surface area contributed by atoms with E-state index >= 15 is 0 Å². The van der Waals surface area contributed by atoms with Gasteiger partial charge in [-0.1, -0.05) is 13.8 Å². The minimum Gasteiger partial charge on any atom is -0.391 e. The van der Waals surface area contributed by atoms with E-state index in [0.29, 0.717) is 18.3 Å². The van der Waals surface area contributed by atoms with E-state index in [-0.39, 0.29) is 6.10 Å². The van der Waals surface area contributed by atoms with Crippen molar-refractivity contribution in [3.8, 4) is 0 Å². The van der Waals surface area contributed by atoms with Gasteiger partial charge in [-0.05, 0) is 28.3 Å². The van der Waals surface area contributed by atoms with Crippen molar-refractivity contribution in [2.75, 3.05) is 24.2 Å². The molecule has 3 N–H and O–H groups in total. The predicted molar refractivity (Wildman–Crippen MR) is 73.2 cm³/mol. The van der Waals surface area contributed by atoms with Crippen molar-refractivity contribution in [1.82, 2.24) is 9.97 Å². The van der Waals surface area contributed by atoms with Crippen LogP contribution in [0.15, 0.2) is 10.8 Å². The SMILES string of the molecule is CNc1ncnc(NCC(O)CC(C)C)c1Br. The second kappa shape index (κ2) is 6.76. The van der Waals surface area contributed by atoms with Crippen molar-refractivity contribution in [2.24, 2.45) is 5.92 Å². The maximum atomic E-state index is 9.76. The summed E-state index contributed by atoms with van der Waals surface area (Å²) in [5.74, 6) is 1.89. The molecule has 0 aromatic carbocycles. The first kappa shape index (κ1) is 14.2. The number of halogens is 1. The molecule has 1 heterocycles. The Morgan fingerprint density at radius 1 is 1.35 bits per heavy atom. The molecular weight excluding hydrogens is 284 g/mol. The summed E-state index contributed by atoms with van der Waals surface area (Å²) in [5.41, 5.74) is 0. The highest BCUT2D eigenvalue weighted by atomic mass is 79.9. The summed E-state index contributed by atoms with van der Waals surface area (Å²) in [6, 6.07) is 0. The molecule has 5 nitrogen and oxygen atoms in total. The summed E-state index contributed by atoms with van der Waals surface area (Å²) >= 11 is 3.41. The van der Waals surface area contributed by atoms with Gasteiger partial charge < -0.3 is 15.7 Å². The van der Waals surface area contributed by atoms with Gasteiger partial charge in [0.25, 0.3) is 0 Å². The van der Waals surface area contributed by atoms with Crippen molar-refractivity contribution in [3.63, 3.8) is 0 Å². The second-order valence-corrected chi connectivity index (χ2v) is 5.09. The Bertz CT molecular complexity index is 359. The molecule has 0 aliphatic rings. The highest BCUT2D eigenvalue weighted by Gasteiger charge is 2.10. The molecule has 1 unspecified atom stereocenters. The van der Waals surface area contributed by atoms with Crippen LogP contribution in [0, 0.1) is 5.92 Å². The van der Waals surface area contributed by atoms with Crippen molar-refractivity contribution in [1.29, 1.82) is 0 Å². The Hall–Kier alpha value is -0.880. The van der Waals surface area contributed by atoms with Crippen molar-refractivity contribution < 1.29 is 5.11 Å². The maximum Gasteiger partial charge on any atom is 0.146 e. The number of anilines is 2. The molecular formula is C11H19BrN4O. The van der Waals surface area contributed by atoms with E-state index in [1.807, 2.05) is 0 Å². The van der Waals surface area contributed by atoms with E-state index < -0.39 is 0 Å². The molecule has 1 rings (SSSR count). The van der Waals surface area contributed by atoms with Crippen molar-refractivity contribution >= 4 is 27.6 Å². The van der Waals surface area contributed by atoms with Crippen LogP contribution in [0.2, 0.25) is 0 Å². The average Bonchev–Trinajstić information content (AvgIpc) is 2.27. The van der Waals surface area contributed by atoms with Gasteiger partial charge in [-0.25, -0.2) is 9.97 Å². The highest BCUT2D eigenvalue weighted by molar-refractivity contribution is 9.10. The van der Waals surface area contributed by atoms with E-state index in [1.165, 1.54) is 6.33 Å². The molecule has 6 heteroatoms. The molecule has 0 spiro atoms. The predicted octanol–water partition coefficient (Wildman–Crippen LogP) is 2.10. The molecule has 0 aliphatic carbocycles. The first-order chi connectivity index (χ1) is 8.04.